The van der Waals surface area contributed by atoms with Gasteiger partial charge in [-0.1, -0.05) is 18.2 Å². The summed E-state index contributed by atoms with van der Waals surface area (Å²) in [4.78, 5) is 26.5. The number of fused-ring (bicyclic) bond motifs is 1. The Bertz CT molecular complexity index is 1040. The second-order valence-corrected chi connectivity index (χ2v) is 9.14. The molecule has 0 saturated carbocycles. The number of hydrogen-bond acceptors (Lipinski definition) is 5. The van der Waals surface area contributed by atoms with E-state index in [1.165, 1.54) is 23.9 Å². The lowest BCUT2D eigenvalue weighted by Crippen LogP contribution is -2.43. The molecule has 2 heterocycles. The minimum atomic E-state index is -3.95. The lowest BCUT2D eigenvalue weighted by Gasteiger charge is -2.25. The molecule has 1 aromatic carbocycles. The Morgan fingerprint density at radius 2 is 1.97 bits per heavy atom. The molecule has 1 aliphatic heterocycles. The SMILES string of the molecule is CCOC(=O)c1cc(S(=O)(=O)N(C)CC(=O)N2c3ccccc3C[C@H]2C)cn1C. The highest BCUT2D eigenvalue weighted by atomic mass is 32.2. The van der Waals surface area contributed by atoms with E-state index in [2.05, 4.69) is 0 Å². The van der Waals surface area contributed by atoms with E-state index in [0.29, 0.717) is 0 Å². The average Bonchev–Trinajstić information content (AvgIpc) is 3.21. The zero-order valence-electron chi connectivity index (χ0n) is 17.0. The van der Waals surface area contributed by atoms with E-state index in [1.54, 1.807) is 18.9 Å². The fourth-order valence-electron chi connectivity index (χ4n) is 3.56. The van der Waals surface area contributed by atoms with E-state index in [0.717, 1.165) is 22.0 Å². The van der Waals surface area contributed by atoms with Crippen LogP contribution >= 0.6 is 0 Å². The van der Waals surface area contributed by atoms with E-state index in [9.17, 15) is 18.0 Å². The lowest BCUT2D eigenvalue weighted by atomic mass is 10.1. The summed E-state index contributed by atoms with van der Waals surface area (Å²) in [7, 11) is -1.02. The maximum atomic E-state index is 12.9. The highest BCUT2D eigenvalue weighted by Gasteiger charge is 2.33. The Morgan fingerprint density at radius 1 is 1.28 bits per heavy atom. The normalized spacial score (nSPS) is 16.2. The maximum absolute atomic E-state index is 12.9. The number of rotatable bonds is 6. The van der Waals surface area contributed by atoms with Crippen molar-refractivity contribution in [3.05, 3.63) is 47.8 Å². The van der Waals surface area contributed by atoms with Gasteiger partial charge in [-0.05, 0) is 38.0 Å². The molecule has 29 heavy (non-hydrogen) atoms. The van der Waals surface area contributed by atoms with Crippen LogP contribution in [0, 0.1) is 0 Å². The number of esters is 1. The van der Waals surface area contributed by atoms with Crippen LogP contribution in [-0.2, 0) is 33.0 Å². The van der Waals surface area contributed by atoms with Crippen molar-refractivity contribution in [2.45, 2.75) is 31.2 Å². The largest absolute Gasteiger partial charge is 0.461 e. The van der Waals surface area contributed by atoms with Gasteiger partial charge in [-0.2, -0.15) is 4.31 Å². The Morgan fingerprint density at radius 3 is 2.66 bits per heavy atom. The smallest absolute Gasteiger partial charge is 0.354 e. The molecule has 0 saturated heterocycles. The number of nitrogens with zero attached hydrogens (tertiary/aromatic N) is 3. The molecule has 0 N–H and O–H groups in total. The van der Waals surface area contributed by atoms with Crippen molar-refractivity contribution in [3.63, 3.8) is 0 Å². The van der Waals surface area contributed by atoms with Crippen molar-refractivity contribution in [2.24, 2.45) is 7.05 Å². The van der Waals surface area contributed by atoms with Crippen LogP contribution in [0.5, 0.6) is 0 Å². The zero-order chi connectivity index (χ0) is 21.3. The molecule has 0 bridgehead atoms. The molecule has 0 unspecified atom stereocenters. The van der Waals surface area contributed by atoms with E-state index < -0.39 is 16.0 Å². The number of aryl methyl sites for hydroxylation is 1. The monoisotopic (exact) mass is 419 g/mol. The molecule has 8 nitrogen and oxygen atoms in total. The van der Waals surface area contributed by atoms with Gasteiger partial charge >= 0.3 is 5.97 Å². The Balaban J connectivity index is 1.80. The molecule has 156 valence electrons. The lowest BCUT2D eigenvalue weighted by molar-refractivity contribution is -0.118. The minimum absolute atomic E-state index is 0.0388. The van der Waals surface area contributed by atoms with Gasteiger partial charge in [0.15, 0.2) is 0 Å². The van der Waals surface area contributed by atoms with Crippen LogP contribution in [0.15, 0.2) is 41.4 Å². The van der Waals surface area contributed by atoms with Crippen LogP contribution in [0.4, 0.5) is 5.69 Å². The fraction of sp³-hybridized carbons (Fsp3) is 0.400. The van der Waals surface area contributed by atoms with E-state index in [1.807, 2.05) is 31.2 Å². The number of anilines is 1. The molecule has 2 aromatic rings. The van der Waals surface area contributed by atoms with Crippen LogP contribution in [-0.4, -0.2) is 55.4 Å². The summed E-state index contributed by atoms with van der Waals surface area (Å²) in [6.07, 6.45) is 2.08. The number of likely N-dealkylation sites (N-methyl/N-ethyl adjacent to an activating group) is 1. The number of para-hydroxylation sites is 1. The predicted molar refractivity (Wildman–Crippen MR) is 108 cm³/mol. The summed E-state index contributed by atoms with van der Waals surface area (Å²) in [5, 5.41) is 0. The first-order valence-electron chi connectivity index (χ1n) is 9.36. The molecule has 1 aliphatic rings. The third-order valence-electron chi connectivity index (χ3n) is 5.01. The first kappa shape index (κ1) is 21.1. The van der Waals surface area contributed by atoms with Crippen LogP contribution in [0.25, 0.3) is 0 Å². The highest BCUT2D eigenvalue weighted by molar-refractivity contribution is 7.89. The molecule has 1 amide bonds. The molecular weight excluding hydrogens is 394 g/mol. The van der Waals surface area contributed by atoms with Gasteiger partial charge < -0.3 is 14.2 Å². The Labute approximate surface area is 170 Å². The van der Waals surface area contributed by atoms with Gasteiger partial charge in [0, 0.05) is 32.0 Å². The van der Waals surface area contributed by atoms with Crippen LogP contribution < -0.4 is 4.90 Å². The molecule has 9 heteroatoms. The van der Waals surface area contributed by atoms with Crippen LogP contribution in [0.2, 0.25) is 0 Å². The van der Waals surface area contributed by atoms with Gasteiger partial charge in [0.25, 0.3) is 0 Å². The second kappa shape index (κ2) is 8.00. The summed E-state index contributed by atoms with van der Waals surface area (Å²) in [5.41, 5.74) is 2.02. The Kier molecular flexibility index (Phi) is 5.81. The molecule has 3 rings (SSSR count). The van der Waals surface area contributed by atoms with Crippen molar-refractivity contribution in [1.82, 2.24) is 8.87 Å². The predicted octanol–water partition coefficient (Wildman–Crippen LogP) is 1.80. The third-order valence-corrected chi connectivity index (χ3v) is 6.78. The first-order chi connectivity index (χ1) is 13.7. The molecule has 0 spiro atoms. The fourth-order valence-corrected chi connectivity index (χ4v) is 4.75. The number of benzene rings is 1. The van der Waals surface area contributed by atoms with Crippen molar-refractivity contribution < 1.29 is 22.7 Å². The zero-order valence-corrected chi connectivity index (χ0v) is 17.8. The quantitative estimate of drug-likeness (QED) is 0.666. The molecule has 1 atom stereocenters. The average molecular weight is 420 g/mol. The number of sulfonamides is 1. The summed E-state index contributed by atoms with van der Waals surface area (Å²) in [5.74, 6) is -0.896. The Hall–Kier alpha value is -2.65. The van der Waals surface area contributed by atoms with E-state index in [4.69, 9.17) is 4.74 Å². The van der Waals surface area contributed by atoms with Crippen molar-refractivity contribution >= 4 is 27.6 Å². The van der Waals surface area contributed by atoms with Gasteiger partial charge in [-0.3, -0.25) is 4.79 Å². The number of amides is 1. The van der Waals surface area contributed by atoms with Crippen LogP contribution in [0.3, 0.4) is 0 Å². The van der Waals surface area contributed by atoms with Gasteiger partial charge in [0.1, 0.15) is 10.6 Å². The summed E-state index contributed by atoms with van der Waals surface area (Å²) in [6.45, 7) is 3.51. The number of hydrogen-bond donors (Lipinski definition) is 0. The number of ether oxygens (including phenoxy) is 1. The van der Waals surface area contributed by atoms with Gasteiger partial charge in [0.2, 0.25) is 15.9 Å². The molecule has 0 aliphatic carbocycles. The van der Waals surface area contributed by atoms with E-state index >= 15 is 0 Å². The molecule has 0 fully saturated rings. The van der Waals surface area contributed by atoms with Gasteiger partial charge in [-0.15, -0.1) is 0 Å². The third kappa shape index (κ3) is 3.92. The summed E-state index contributed by atoms with van der Waals surface area (Å²) < 4.78 is 33.2. The molecular formula is C20H25N3O5S. The van der Waals surface area contributed by atoms with Gasteiger partial charge in [0.05, 0.1) is 13.2 Å². The molecule has 0 radical (unpaired) electrons. The minimum Gasteiger partial charge on any atom is -0.461 e. The second-order valence-electron chi connectivity index (χ2n) is 7.10. The van der Waals surface area contributed by atoms with E-state index in [-0.39, 0.29) is 35.7 Å². The highest BCUT2D eigenvalue weighted by Crippen LogP contribution is 2.32. The topological polar surface area (TPSA) is 88.9 Å². The van der Waals surface area contributed by atoms with Crippen LogP contribution in [0.1, 0.15) is 29.9 Å². The summed E-state index contributed by atoms with van der Waals surface area (Å²) >= 11 is 0. The van der Waals surface area contributed by atoms with Crippen molar-refractivity contribution in [3.8, 4) is 0 Å². The first-order valence-corrected chi connectivity index (χ1v) is 10.8. The van der Waals surface area contributed by atoms with Crippen molar-refractivity contribution in [1.29, 1.82) is 0 Å². The standard InChI is InChI=1S/C20H25N3O5S/c1-5-28-20(25)18-11-16(12-21(18)3)29(26,27)22(4)13-19(24)23-14(2)10-15-8-6-7-9-17(15)23/h6-9,11-12,14H,5,10,13H2,1-4H3/t14-/m1/s1. The van der Waals surface area contributed by atoms with Gasteiger partial charge in [-0.25, -0.2) is 13.2 Å². The number of carbonyl (C=O) groups is 2. The van der Waals surface area contributed by atoms with Crippen molar-refractivity contribution in [2.75, 3.05) is 25.1 Å². The maximum Gasteiger partial charge on any atom is 0.354 e. The number of carbonyl (C=O) groups excluding carboxylic acids is 2. The number of aromatic nitrogens is 1. The molecule has 1 aromatic heterocycles. The summed E-state index contributed by atoms with van der Waals surface area (Å²) in [6, 6.07) is 8.85.